The van der Waals surface area contributed by atoms with Crippen LogP contribution in [0.15, 0.2) is 77.7 Å². The van der Waals surface area contributed by atoms with Crippen LogP contribution in [-0.2, 0) is 10.0 Å². The number of hydrogen-bond acceptors (Lipinski definition) is 3. The van der Waals surface area contributed by atoms with E-state index in [1.165, 1.54) is 31.3 Å². The molecule has 0 saturated heterocycles. The zero-order valence-electron chi connectivity index (χ0n) is 14.8. The quantitative estimate of drug-likeness (QED) is 0.609. The third-order valence-corrected chi connectivity index (χ3v) is 6.47. The molecule has 8 heteroatoms. The minimum Gasteiger partial charge on any atom is -0.321 e. The Morgan fingerprint density at radius 3 is 2.11 bits per heavy atom. The molecule has 0 aliphatic carbocycles. The first kappa shape index (κ1) is 20.2. The van der Waals surface area contributed by atoms with E-state index in [0.29, 0.717) is 27.0 Å². The fraction of sp³-hybridized carbons (Fsp3) is 0.0500. The Hall–Kier alpha value is -2.54. The number of nitrogens with zero attached hydrogens (tertiary/aromatic N) is 1. The molecular weight excluding hydrogens is 419 g/mol. The Morgan fingerprint density at radius 1 is 0.893 bits per heavy atom. The lowest BCUT2D eigenvalue weighted by Gasteiger charge is -2.20. The van der Waals surface area contributed by atoms with E-state index in [9.17, 15) is 13.2 Å². The molecule has 1 amide bonds. The highest BCUT2D eigenvalue weighted by Gasteiger charge is 2.21. The number of amides is 1. The maximum absolute atomic E-state index is 12.7. The molecule has 0 aliphatic rings. The van der Waals surface area contributed by atoms with Gasteiger partial charge in [-0.2, -0.15) is 0 Å². The lowest BCUT2D eigenvalue weighted by Crippen LogP contribution is -2.26. The molecule has 5 nitrogen and oxygen atoms in total. The molecule has 28 heavy (non-hydrogen) atoms. The van der Waals surface area contributed by atoms with Gasteiger partial charge in [-0.3, -0.25) is 9.10 Å². The zero-order chi connectivity index (χ0) is 20.3. The molecule has 0 unspecified atom stereocenters. The molecule has 0 bridgehead atoms. The number of nitrogens with one attached hydrogen (secondary N) is 1. The predicted molar refractivity (Wildman–Crippen MR) is 113 cm³/mol. The van der Waals surface area contributed by atoms with Gasteiger partial charge in [-0.1, -0.05) is 35.3 Å². The highest BCUT2D eigenvalue weighted by atomic mass is 35.5. The van der Waals surface area contributed by atoms with Crippen molar-refractivity contribution in [2.45, 2.75) is 4.90 Å². The van der Waals surface area contributed by atoms with Crippen molar-refractivity contribution in [3.63, 3.8) is 0 Å². The van der Waals surface area contributed by atoms with Gasteiger partial charge < -0.3 is 5.32 Å². The minimum atomic E-state index is -3.74. The highest BCUT2D eigenvalue weighted by Crippen LogP contribution is 2.25. The van der Waals surface area contributed by atoms with Gasteiger partial charge in [-0.15, -0.1) is 0 Å². The van der Waals surface area contributed by atoms with Crippen molar-refractivity contribution in [2.24, 2.45) is 0 Å². The minimum absolute atomic E-state index is 0.125. The Labute approximate surface area is 173 Å². The first-order valence-electron chi connectivity index (χ1n) is 8.19. The first-order valence-corrected chi connectivity index (χ1v) is 10.4. The standard InChI is InChI=1S/C20H16Cl2N2O3S/c1-24(28(26,27)17-12-8-15(21)9-13-17)16-10-6-14(7-11-16)20(25)23-19-5-3-2-4-18(19)22/h2-13H,1H3,(H,23,25). The average Bonchev–Trinajstić information content (AvgIpc) is 2.69. The monoisotopic (exact) mass is 434 g/mol. The van der Waals surface area contributed by atoms with Gasteiger partial charge in [0.15, 0.2) is 0 Å². The third kappa shape index (κ3) is 4.30. The van der Waals surface area contributed by atoms with E-state index in [2.05, 4.69) is 5.32 Å². The summed E-state index contributed by atoms with van der Waals surface area (Å²) < 4.78 is 26.6. The molecule has 0 fully saturated rings. The number of benzene rings is 3. The molecule has 144 valence electrons. The second-order valence-electron chi connectivity index (χ2n) is 5.91. The lowest BCUT2D eigenvalue weighted by atomic mass is 10.2. The van der Waals surface area contributed by atoms with E-state index in [0.717, 1.165) is 4.31 Å². The van der Waals surface area contributed by atoms with Gasteiger partial charge >= 0.3 is 0 Å². The van der Waals surface area contributed by atoms with Crippen LogP contribution >= 0.6 is 23.2 Å². The summed E-state index contributed by atoms with van der Waals surface area (Å²) in [5, 5.41) is 3.61. The van der Waals surface area contributed by atoms with Gasteiger partial charge in [-0.25, -0.2) is 8.42 Å². The van der Waals surface area contributed by atoms with Crippen LogP contribution < -0.4 is 9.62 Å². The van der Waals surface area contributed by atoms with E-state index in [4.69, 9.17) is 23.2 Å². The second-order valence-corrected chi connectivity index (χ2v) is 8.72. The van der Waals surface area contributed by atoms with Crippen molar-refractivity contribution in [1.29, 1.82) is 0 Å². The summed E-state index contributed by atoms with van der Waals surface area (Å²) in [7, 11) is -2.29. The van der Waals surface area contributed by atoms with E-state index in [-0.39, 0.29) is 10.8 Å². The smallest absolute Gasteiger partial charge is 0.264 e. The SMILES string of the molecule is CN(c1ccc(C(=O)Nc2ccccc2Cl)cc1)S(=O)(=O)c1ccc(Cl)cc1. The van der Waals surface area contributed by atoms with Crippen molar-refractivity contribution in [1.82, 2.24) is 0 Å². The average molecular weight is 435 g/mol. The molecule has 0 heterocycles. The number of rotatable bonds is 5. The molecule has 0 atom stereocenters. The van der Waals surface area contributed by atoms with Crippen LogP contribution in [0.25, 0.3) is 0 Å². The molecule has 3 aromatic carbocycles. The number of carbonyl (C=O) groups is 1. The second kappa shape index (κ2) is 8.22. The highest BCUT2D eigenvalue weighted by molar-refractivity contribution is 7.92. The Balaban J connectivity index is 1.79. The topological polar surface area (TPSA) is 66.5 Å². The molecule has 0 saturated carbocycles. The summed E-state index contributed by atoms with van der Waals surface area (Å²) in [5.41, 5.74) is 1.30. The first-order chi connectivity index (χ1) is 13.3. The van der Waals surface area contributed by atoms with Crippen molar-refractivity contribution in [2.75, 3.05) is 16.7 Å². The number of anilines is 2. The number of carbonyl (C=O) groups excluding carboxylic acids is 1. The van der Waals surface area contributed by atoms with Crippen molar-refractivity contribution >= 4 is 50.5 Å². The Morgan fingerprint density at radius 2 is 1.50 bits per heavy atom. The van der Waals surface area contributed by atoms with Crippen LogP contribution in [0.2, 0.25) is 10.0 Å². The fourth-order valence-corrected chi connectivity index (χ4v) is 3.99. The molecule has 0 aromatic heterocycles. The summed E-state index contributed by atoms with van der Waals surface area (Å²) in [5.74, 6) is -0.345. The van der Waals surface area contributed by atoms with Crippen molar-refractivity contribution in [3.8, 4) is 0 Å². The summed E-state index contributed by atoms with van der Waals surface area (Å²) in [6.07, 6.45) is 0. The van der Waals surface area contributed by atoms with Gasteiger partial charge in [0.05, 0.1) is 21.3 Å². The van der Waals surface area contributed by atoms with Crippen LogP contribution in [0, 0.1) is 0 Å². The molecule has 1 N–H and O–H groups in total. The zero-order valence-corrected chi connectivity index (χ0v) is 17.1. The predicted octanol–water partition coefficient (Wildman–Crippen LogP) is 5.07. The van der Waals surface area contributed by atoms with Crippen LogP contribution in [0.5, 0.6) is 0 Å². The number of para-hydroxylation sites is 1. The largest absolute Gasteiger partial charge is 0.321 e. The number of halogens is 2. The maximum atomic E-state index is 12.7. The molecule has 3 rings (SSSR count). The van der Waals surface area contributed by atoms with Gasteiger partial charge in [0.25, 0.3) is 15.9 Å². The third-order valence-electron chi connectivity index (χ3n) is 4.09. The fourth-order valence-electron chi connectivity index (χ4n) is 2.48. The van der Waals surface area contributed by atoms with Gasteiger partial charge in [0.1, 0.15) is 0 Å². The number of hydrogen-bond donors (Lipinski definition) is 1. The summed E-state index contributed by atoms with van der Waals surface area (Å²) in [6.45, 7) is 0. The normalized spacial score (nSPS) is 11.1. The molecule has 0 radical (unpaired) electrons. The maximum Gasteiger partial charge on any atom is 0.264 e. The van der Waals surface area contributed by atoms with Crippen LogP contribution in [0.3, 0.4) is 0 Å². The summed E-state index contributed by atoms with van der Waals surface area (Å²) in [4.78, 5) is 12.5. The van der Waals surface area contributed by atoms with Crippen LogP contribution in [-0.4, -0.2) is 21.4 Å². The van der Waals surface area contributed by atoms with Crippen LogP contribution in [0.4, 0.5) is 11.4 Å². The van der Waals surface area contributed by atoms with Gasteiger partial charge in [0.2, 0.25) is 0 Å². The van der Waals surface area contributed by atoms with Crippen LogP contribution in [0.1, 0.15) is 10.4 Å². The number of sulfonamides is 1. The Kier molecular flexibility index (Phi) is 5.93. The summed E-state index contributed by atoms with van der Waals surface area (Å²) in [6, 6.07) is 19.1. The van der Waals surface area contributed by atoms with E-state index in [1.807, 2.05) is 0 Å². The lowest BCUT2D eigenvalue weighted by molar-refractivity contribution is 0.102. The van der Waals surface area contributed by atoms with Crippen molar-refractivity contribution in [3.05, 3.63) is 88.4 Å². The van der Waals surface area contributed by atoms with E-state index in [1.54, 1.807) is 48.5 Å². The van der Waals surface area contributed by atoms with Gasteiger partial charge in [0, 0.05) is 17.6 Å². The van der Waals surface area contributed by atoms with Gasteiger partial charge in [-0.05, 0) is 60.7 Å². The summed E-state index contributed by atoms with van der Waals surface area (Å²) >= 11 is 11.9. The van der Waals surface area contributed by atoms with Crippen molar-refractivity contribution < 1.29 is 13.2 Å². The van der Waals surface area contributed by atoms with E-state index < -0.39 is 10.0 Å². The Bertz CT molecular complexity index is 1100. The molecule has 3 aromatic rings. The molecule has 0 aliphatic heterocycles. The molecule has 0 spiro atoms. The van der Waals surface area contributed by atoms with E-state index >= 15 is 0 Å². The molecular formula is C20H16Cl2N2O3S.